The highest BCUT2D eigenvalue weighted by Gasteiger charge is 2.30. The van der Waals surface area contributed by atoms with Crippen molar-refractivity contribution in [1.29, 1.82) is 0 Å². The van der Waals surface area contributed by atoms with Crippen molar-refractivity contribution in [3.05, 3.63) is 0 Å². The van der Waals surface area contributed by atoms with Crippen molar-refractivity contribution in [3.63, 3.8) is 0 Å². The van der Waals surface area contributed by atoms with E-state index in [2.05, 4.69) is 4.90 Å². The average Bonchev–Trinajstić information content (AvgIpc) is 2.62. The van der Waals surface area contributed by atoms with Gasteiger partial charge in [-0.25, -0.2) is 4.79 Å². The first-order valence-corrected chi connectivity index (χ1v) is 9.05. The number of likely N-dealkylation sites (tertiary alicyclic amines) is 1. The van der Waals surface area contributed by atoms with Crippen molar-refractivity contribution in [1.82, 2.24) is 19.6 Å². The zero-order valence-corrected chi connectivity index (χ0v) is 15.6. The lowest BCUT2D eigenvalue weighted by Gasteiger charge is -2.37. The molecule has 2 fully saturated rings. The van der Waals surface area contributed by atoms with Crippen molar-refractivity contribution < 1.29 is 19.1 Å². The van der Waals surface area contributed by atoms with E-state index in [0.29, 0.717) is 65.3 Å². The summed E-state index contributed by atoms with van der Waals surface area (Å²) in [6.45, 7) is 6.54. The summed E-state index contributed by atoms with van der Waals surface area (Å²) >= 11 is 0. The summed E-state index contributed by atoms with van der Waals surface area (Å²) in [5.41, 5.74) is 0. The molecule has 2 aliphatic rings. The van der Waals surface area contributed by atoms with Crippen LogP contribution in [-0.4, -0.2) is 104 Å². The molecule has 0 aromatic heterocycles. The van der Waals surface area contributed by atoms with Gasteiger partial charge in [-0.1, -0.05) is 0 Å². The van der Waals surface area contributed by atoms with Crippen LogP contribution >= 0.6 is 0 Å². The molecule has 0 aromatic rings. The number of piperidine rings is 1. The van der Waals surface area contributed by atoms with Gasteiger partial charge in [0.15, 0.2) is 0 Å². The zero-order valence-electron chi connectivity index (χ0n) is 15.6. The maximum Gasteiger partial charge on any atom is 0.319 e. The van der Waals surface area contributed by atoms with E-state index in [0.717, 1.165) is 0 Å². The highest BCUT2D eigenvalue weighted by Crippen LogP contribution is 2.19. The van der Waals surface area contributed by atoms with Crippen molar-refractivity contribution in [3.8, 4) is 0 Å². The summed E-state index contributed by atoms with van der Waals surface area (Å²) in [4.78, 5) is 43.5. The van der Waals surface area contributed by atoms with E-state index >= 15 is 0 Å². The summed E-state index contributed by atoms with van der Waals surface area (Å²) in [7, 11) is 3.50. The van der Waals surface area contributed by atoms with Crippen LogP contribution < -0.4 is 0 Å². The van der Waals surface area contributed by atoms with Crippen LogP contribution in [0.25, 0.3) is 0 Å². The molecule has 0 aliphatic carbocycles. The largest absolute Gasteiger partial charge is 0.466 e. The number of ether oxygens (including phenoxy) is 1. The number of piperazine rings is 1. The molecule has 2 heterocycles. The first-order chi connectivity index (χ1) is 11.9. The van der Waals surface area contributed by atoms with Gasteiger partial charge in [0.05, 0.1) is 19.1 Å². The van der Waals surface area contributed by atoms with Crippen molar-refractivity contribution in [2.75, 3.05) is 66.5 Å². The zero-order chi connectivity index (χ0) is 18.4. The Morgan fingerprint density at radius 1 is 0.960 bits per heavy atom. The van der Waals surface area contributed by atoms with Gasteiger partial charge in [0, 0.05) is 53.4 Å². The number of esters is 1. The molecule has 0 radical (unpaired) electrons. The Labute approximate surface area is 149 Å². The second-order valence-corrected chi connectivity index (χ2v) is 6.85. The minimum atomic E-state index is -0.142. The fourth-order valence-electron chi connectivity index (χ4n) is 3.30. The Kier molecular flexibility index (Phi) is 7.04. The SMILES string of the molecule is CCOC(=O)C1CCN(C(=O)CN2CCN(C(=O)N(C)C)CC2)CC1. The van der Waals surface area contributed by atoms with E-state index in [-0.39, 0.29) is 23.8 Å². The molecule has 0 unspecified atom stereocenters. The Morgan fingerprint density at radius 2 is 1.56 bits per heavy atom. The van der Waals surface area contributed by atoms with Crippen LogP contribution in [-0.2, 0) is 14.3 Å². The van der Waals surface area contributed by atoms with Crippen LogP contribution in [0, 0.1) is 5.92 Å². The Morgan fingerprint density at radius 3 is 2.08 bits per heavy atom. The molecule has 2 aliphatic heterocycles. The summed E-state index contributed by atoms with van der Waals surface area (Å²) in [6.07, 6.45) is 1.35. The Balaban J connectivity index is 1.71. The molecule has 0 spiro atoms. The third kappa shape index (κ3) is 5.32. The number of hydrogen-bond acceptors (Lipinski definition) is 5. The lowest BCUT2D eigenvalue weighted by atomic mass is 9.97. The van der Waals surface area contributed by atoms with E-state index < -0.39 is 0 Å². The first kappa shape index (κ1) is 19.5. The average molecular weight is 354 g/mol. The fourth-order valence-corrected chi connectivity index (χ4v) is 3.30. The lowest BCUT2D eigenvalue weighted by molar-refractivity contribution is -0.151. The smallest absolute Gasteiger partial charge is 0.319 e. The topological polar surface area (TPSA) is 73.4 Å². The molecule has 3 amide bonds. The van der Waals surface area contributed by atoms with E-state index in [1.807, 2.05) is 16.7 Å². The molecular formula is C17H30N4O4. The number of carbonyl (C=O) groups is 3. The standard InChI is InChI=1S/C17H30N4O4/c1-4-25-16(23)14-5-7-20(8-6-14)15(22)13-19-9-11-21(12-10-19)17(24)18(2)3/h14H,4-13H2,1-3H3. The molecule has 0 saturated carbocycles. The highest BCUT2D eigenvalue weighted by atomic mass is 16.5. The third-order valence-electron chi connectivity index (χ3n) is 4.85. The van der Waals surface area contributed by atoms with Crippen LogP contribution in [0.3, 0.4) is 0 Å². The normalized spacial score (nSPS) is 19.6. The molecule has 0 aromatic carbocycles. The predicted octanol–water partition coefficient (Wildman–Crippen LogP) is 0.0873. The maximum absolute atomic E-state index is 12.5. The maximum atomic E-state index is 12.5. The Bertz CT molecular complexity index is 481. The van der Waals surface area contributed by atoms with Gasteiger partial charge < -0.3 is 19.4 Å². The van der Waals surface area contributed by atoms with Crippen LogP contribution in [0.2, 0.25) is 0 Å². The molecule has 2 rings (SSSR count). The number of hydrogen-bond donors (Lipinski definition) is 0. The molecular weight excluding hydrogens is 324 g/mol. The van der Waals surface area contributed by atoms with Crippen LogP contribution in [0.15, 0.2) is 0 Å². The number of nitrogens with zero attached hydrogens (tertiary/aromatic N) is 4. The van der Waals surface area contributed by atoms with Crippen molar-refractivity contribution in [2.24, 2.45) is 5.92 Å². The van der Waals surface area contributed by atoms with Gasteiger partial charge in [-0.15, -0.1) is 0 Å². The fraction of sp³-hybridized carbons (Fsp3) is 0.824. The Hall–Kier alpha value is -1.83. The van der Waals surface area contributed by atoms with Gasteiger partial charge in [0.25, 0.3) is 0 Å². The summed E-state index contributed by atoms with van der Waals surface area (Å²) in [6, 6.07) is 0.0204. The van der Waals surface area contributed by atoms with Crippen molar-refractivity contribution in [2.45, 2.75) is 19.8 Å². The number of rotatable bonds is 4. The minimum Gasteiger partial charge on any atom is -0.466 e. The van der Waals surface area contributed by atoms with Gasteiger partial charge in [0.1, 0.15) is 0 Å². The van der Waals surface area contributed by atoms with Crippen LogP contribution in [0.1, 0.15) is 19.8 Å². The first-order valence-electron chi connectivity index (χ1n) is 9.05. The molecule has 142 valence electrons. The quantitative estimate of drug-likeness (QED) is 0.669. The van der Waals surface area contributed by atoms with Gasteiger partial charge in [-0.05, 0) is 19.8 Å². The van der Waals surface area contributed by atoms with E-state index in [4.69, 9.17) is 4.74 Å². The molecule has 0 N–H and O–H groups in total. The molecule has 8 heteroatoms. The monoisotopic (exact) mass is 354 g/mol. The third-order valence-corrected chi connectivity index (χ3v) is 4.85. The predicted molar refractivity (Wildman–Crippen MR) is 93.0 cm³/mol. The van der Waals surface area contributed by atoms with Gasteiger partial charge in [0.2, 0.25) is 5.91 Å². The van der Waals surface area contributed by atoms with E-state index in [1.54, 1.807) is 19.0 Å². The van der Waals surface area contributed by atoms with Gasteiger partial charge >= 0.3 is 12.0 Å². The number of carbonyl (C=O) groups excluding carboxylic acids is 3. The van der Waals surface area contributed by atoms with Gasteiger partial charge in [-0.3, -0.25) is 14.5 Å². The van der Waals surface area contributed by atoms with Crippen LogP contribution in [0.5, 0.6) is 0 Å². The molecule has 8 nitrogen and oxygen atoms in total. The minimum absolute atomic E-state index is 0.0204. The second kappa shape index (κ2) is 9.03. The summed E-state index contributed by atoms with van der Waals surface area (Å²) in [5, 5.41) is 0. The van der Waals surface area contributed by atoms with E-state index in [1.165, 1.54) is 0 Å². The summed E-state index contributed by atoms with van der Waals surface area (Å²) in [5.74, 6) is -0.115. The molecule has 0 bridgehead atoms. The van der Waals surface area contributed by atoms with Crippen molar-refractivity contribution >= 4 is 17.9 Å². The lowest BCUT2D eigenvalue weighted by Crippen LogP contribution is -2.54. The number of urea groups is 1. The molecule has 0 atom stereocenters. The van der Waals surface area contributed by atoms with E-state index in [9.17, 15) is 14.4 Å². The molecule has 2 saturated heterocycles. The van der Waals surface area contributed by atoms with Gasteiger partial charge in [-0.2, -0.15) is 0 Å². The second-order valence-electron chi connectivity index (χ2n) is 6.85. The summed E-state index contributed by atoms with van der Waals surface area (Å²) < 4.78 is 5.06. The number of amides is 3. The molecule has 25 heavy (non-hydrogen) atoms. The van der Waals surface area contributed by atoms with Crippen LogP contribution in [0.4, 0.5) is 4.79 Å². The highest BCUT2D eigenvalue weighted by molar-refractivity contribution is 5.79.